The molecule has 4 heteroatoms. The Kier molecular flexibility index (Phi) is 4.45. The first-order valence-corrected chi connectivity index (χ1v) is 3.40. The normalized spacial score (nSPS) is 8.40. The minimum absolute atomic E-state index is 0.207. The second-order valence-corrected chi connectivity index (χ2v) is 1.45. The highest BCUT2D eigenvalue weighted by atomic mass is 19.2. The molecule has 0 radical (unpaired) electrons. The van der Waals surface area contributed by atoms with Gasteiger partial charge in [0.2, 0.25) is 0 Å². The van der Waals surface area contributed by atoms with E-state index in [-0.39, 0.29) is 4.90 Å². The Morgan fingerprint density at radius 3 is 2.40 bits per heavy atom. The minimum atomic E-state index is 0.207. The standard InChI is InChI=1S/C4H6FN3.C2H6/c1-2-4-3-8(5)7-6-4;1-2/h3H,2H2,1H3;1-2H3. The van der Waals surface area contributed by atoms with Crippen LogP contribution < -0.4 is 0 Å². The number of nitrogens with zero attached hydrogens (tertiary/aromatic N) is 3. The number of aryl methyl sites for hydroxylation is 1. The van der Waals surface area contributed by atoms with E-state index in [0.29, 0.717) is 5.69 Å². The van der Waals surface area contributed by atoms with Gasteiger partial charge in [0.05, 0.1) is 11.9 Å². The molecule has 58 valence electrons. The van der Waals surface area contributed by atoms with Crippen LogP contribution in [0.3, 0.4) is 0 Å². The van der Waals surface area contributed by atoms with Crippen LogP contribution in [0.4, 0.5) is 4.48 Å². The van der Waals surface area contributed by atoms with E-state index in [2.05, 4.69) is 10.3 Å². The highest BCUT2D eigenvalue weighted by Gasteiger charge is 1.92. The van der Waals surface area contributed by atoms with Gasteiger partial charge < -0.3 is 0 Å². The maximum absolute atomic E-state index is 11.9. The van der Waals surface area contributed by atoms with Gasteiger partial charge in [0.15, 0.2) is 0 Å². The SMILES string of the molecule is CC.CCc1cn(F)nn1. The van der Waals surface area contributed by atoms with E-state index in [1.165, 1.54) is 6.20 Å². The number of hydrogen-bond donors (Lipinski definition) is 0. The first-order valence-electron chi connectivity index (χ1n) is 3.40. The first-order chi connectivity index (χ1) is 4.83. The van der Waals surface area contributed by atoms with E-state index in [1.54, 1.807) is 0 Å². The number of halogens is 1. The highest BCUT2D eigenvalue weighted by Crippen LogP contribution is 1.91. The van der Waals surface area contributed by atoms with Crippen LogP contribution in [-0.4, -0.2) is 15.2 Å². The summed E-state index contributed by atoms with van der Waals surface area (Å²) in [6.45, 7) is 5.89. The summed E-state index contributed by atoms with van der Waals surface area (Å²) in [4.78, 5) is 0.207. The lowest BCUT2D eigenvalue weighted by atomic mass is 10.4. The summed E-state index contributed by atoms with van der Waals surface area (Å²) in [6, 6.07) is 0. The third-order valence-electron chi connectivity index (χ3n) is 0.876. The average Bonchev–Trinajstić information content (AvgIpc) is 2.40. The van der Waals surface area contributed by atoms with E-state index < -0.39 is 0 Å². The van der Waals surface area contributed by atoms with E-state index in [0.717, 1.165) is 6.42 Å². The monoisotopic (exact) mass is 145 g/mol. The van der Waals surface area contributed by atoms with E-state index >= 15 is 0 Å². The van der Waals surface area contributed by atoms with Crippen LogP contribution in [0.2, 0.25) is 0 Å². The quantitative estimate of drug-likeness (QED) is 0.601. The third-order valence-corrected chi connectivity index (χ3v) is 0.876. The van der Waals surface area contributed by atoms with Gasteiger partial charge in [0.25, 0.3) is 0 Å². The van der Waals surface area contributed by atoms with Crippen LogP contribution in [0, 0.1) is 0 Å². The van der Waals surface area contributed by atoms with Crippen LogP contribution in [0.1, 0.15) is 26.5 Å². The summed E-state index contributed by atoms with van der Waals surface area (Å²) in [5.74, 6) is 0. The largest absolute Gasteiger partial charge is 0.133 e. The van der Waals surface area contributed by atoms with Gasteiger partial charge >= 0.3 is 0 Å². The maximum atomic E-state index is 11.9. The van der Waals surface area contributed by atoms with Crippen molar-refractivity contribution in [1.82, 2.24) is 15.2 Å². The smallest absolute Gasteiger partial charge is 0.0855 e. The van der Waals surface area contributed by atoms with Gasteiger partial charge in [-0.05, 0) is 11.6 Å². The number of hydrogen-bond acceptors (Lipinski definition) is 2. The topological polar surface area (TPSA) is 30.7 Å². The van der Waals surface area contributed by atoms with Crippen molar-refractivity contribution in [3.63, 3.8) is 0 Å². The molecule has 0 unspecified atom stereocenters. The molecule has 0 spiro atoms. The van der Waals surface area contributed by atoms with E-state index in [4.69, 9.17) is 0 Å². The third kappa shape index (κ3) is 2.57. The summed E-state index contributed by atoms with van der Waals surface area (Å²) < 4.78 is 11.9. The summed E-state index contributed by atoms with van der Waals surface area (Å²) >= 11 is 0. The molecule has 3 nitrogen and oxygen atoms in total. The fraction of sp³-hybridized carbons (Fsp3) is 0.667. The molecule has 0 saturated carbocycles. The lowest BCUT2D eigenvalue weighted by molar-refractivity contribution is 0.306. The fourth-order valence-electron chi connectivity index (χ4n) is 0.437. The minimum Gasteiger partial charge on any atom is -0.133 e. The zero-order valence-electron chi connectivity index (χ0n) is 6.50. The zero-order valence-corrected chi connectivity index (χ0v) is 6.50. The van der Waals surface area contributed by atoms with Crippen molar-refractivity contribution in [2.24, 2.45) is 0 Å². The van der Waals surface area contributed by atoms with Gasteiger partial charge in [-0.2, -0.15) is 0 Å². The van der Waals surface area contributed by atoms with Gasteiger partial charge in [-0.15, -0.1) is 5.10 Å². The van der Waals surface area contributed by atoms with Gasteiger partial charge in [-0.25, -0.2) is 0 Å². The molecule has 0 N–H and O–H groups in total. The maximum Gasteiger partial charge on any atom is 0.0855 e. The van der Waals surface area contributed by atoms with Crippen LogP contribution >= 0.6 is 0 Å². The highest BCUT2D eigenvalue weighted by molar-refractivity contribution is 4.88. The zero-order chi connectivity index (χ0) is 7.98. The van der Waals surface area contributed by atoms with Crippen LogP contribution in [-0.2, 0) is 6.42 Å². The van der Waals surface area contributed by atoms with Crippen molar-refractivity contribution < 1.29 is 4.48 Å². The Morgan fingerprint density at radius 2 is 2.20 bits per heavy atom. The number of rotatable bonds is 1. The summed E-state index contributed by atoms with van der Waals surface area (Å²) in [5.41, 5.74) is 0.674. The lowest BCUT2D eigenvalue weighted by Gasteiger charge is -1.75. The Bertz CT molecular complexity index is 173. The average molecular weight is 145 g/mol. The predicted molar refractivity (Wildman–Crippen MR) is 37.3 cm³/mol. The molecule has 1 aromatic heterocycles. The molecule has 1 rings (SSSR count). The van der Waals surface area contributed by atoms with Crippen LogP contribution in [0.25, 0.3) is 0 Å². The van der Waals surface area contributed by atoms with Gasteiger partial charge in [-0.1, -0.05) is 30.2 Å². The van der Waals surface area contributed by atoms with Crippen molar-refractivity contribution in [1.29, 1.82) is 0 Å². The van der Waals surface area contributed by atoms with Crippen molar-refractivity contribution in [3.05, 3.63) is 11.9 Å². The van der Waals surface area contributed by atoms with E-state index in [1.807, 2.05) is 20.8 Å². The summed E-state index contributed by atoms with van der Waals surface area (Å²) in [5, 5.41) is 6.56. The van der Waals surface area contributed by atoms with Crippen molar-refractivity contribution in [2.75, 3.05) is 0 Å². The Morgan fingerprint density at radius 1 is 1.60 bits per heavy atom. The molecule has 1 aromatic rings. The molecule has 10 heavy (non-hydrogen) atoms. The molecule has 0 atom stereocenters. The van der Waals surface area contributed by atoms with Crippen LogP contribution in [0.5, 0.6) is 0 Å². The molecule has 0 aromatic carbocycles. The summed E-state index contributed by atoms with van der Waals surface area (Å²) in [7, 11) is 0. The Hall–Kier alpha value is -0.930. The van der Waals surface area contributed by atoms with Crippen molar-refractivity contribution in [2.45, 2.75) is 27.2 Å². The Labute approximate surface area is 59.8 Å². The molecule has 0 aliphatic rings. The molecule has 0 saturated heterocycles. The molecular formula is C6H12FN3. The molecule has 0 aliphatic heterocycles. The Balaban J connectivity index is 0.000000371. The molecule has 0 amide bonds. The van der Waals surface area contributed by atoms with Gasteiger partial charge in [0.1, 0.15) is 0 Å². The fourth-order valence-corrected chi connectivity index (χ4v) is 0.437. The van der Waals surface area contributed by atoms with Crippen molar-refractivity contribution in [3.8, 4) is 0 Å². The summed E-state index contributed by atoms with van der Waals surface area (Å²) in [6.07, 6.45) is 1.98. The predicted octanol–water partition coefficient (Wildman–Crippen LogP) is 1.60. The van der Waals surface area contributed by atoms with Crippen molar-refractivity contribution >= 4 is 0 Å². The molecule has 0 aliphatic carbocycles. The van der Waals surface area contributed by atoms with Gasteiger partial charge in [-0.3, -0.25) is 0 Å². The van der Waals surface area contributed by atoms with Gasteiger partial charge in [0, 0.05) is 0 Å². The van der Waals surface area contributed by atoms with E-state index in [9.17, 15) is 4.48 Å². The first kappa shape index (κ1) is 9.07. The number of aromatic nitrogens is 3. The molecule has 0 fully saturated rings. The van der Waals surface area contributed by atoms with Crippen LogP contribution in [0.15, 0.2) is 6.20 Å². The molecule has 0 bridgehead atoms. The molecular weight excluding hydrogens is 133 g/mol. The molecule has 1 heterocycles. The lowest BCUT2D eigenvalue weighted by Crippen LogP contribution is -1.79. The second-order valence-electron chi connectivity index (χ2n) is 1.45. The second kappa shape index (κ2) is 4.90.